The third kappa shape index (κ3) is 2.34. The molecule has 0 amide bonds. The van der Waals surface area contributed by atoms with Gasteiger partial charge in [-0.3, -0.25) is 4.98 Å². The van der Waals surface area contributed by atoms with Gasteiger partial charge in [-0.15, -0.1) is 0 Å². The maximum atomic E-state index is 5.33. The second kappa shape index (κ2) is 4.60. The van der Waals surface area contributed by atoms with Crippen LogP contribution in [-0.2, 0) is 0 Å². The second-order valence-corrected chi connectivity index (χ2v) is 3.18. The van der Waals surface area contributed by atoms with E-state index in [1.807, 2.05) is 49.4 Å². The SMILES string of the molecule is CCOc1ccc(-c2ccccc2)nc1. The van der Waals surface area contributed by atoms with Gasteiger partial charge >= 0.3 is 0 Å². The molecule has 0 unspecified atom stereocenters. The first-order valence-electron chi connectivity index (χ1n) is 5.04. The Bertz CT molecular complexity index is 408. The predicted molar refractivity (Wildman–Crippen MR) is 60.8 cm³/mol. The molecule has 1 aromatic heterocycles. The summed E-state index contributed by atoms with van der Waals surface area (Å²) in [4.78, 5) is 4.34. The molecule has 1 heterocycles. The molecule has 0 aliphatic heterocycles. The smallest absolute Gasteiger partial charge is 0.137 e. The monoisotopic (exact) mass is 199 g/mol. The number of hydrogen-bond acceptors (Lipinski definition) is 2. The summed E-state index contributed by atoms with van der Waals surface area (Å²) < 4.78 is 5.33. The topological polar surface area (TPSA) is 22.1 Å². The number of aromatic nitrogens is 1. The van der Waals surface area contributed by atoms with Crippen molar-refractivity contribution in [3.63, 3.8) is 0 Å². The number of ether oxygens (including phenoxy) is 1. The zero-order valence-corrected chi connectivity index (χ0v) is 8.68. The second-order valence-electron chi connectivity index (χ2n) is 3.18. The van der Waals surface area contributed by atoms with Gasteiger partial charge in [-0.05, 0) is 19.1 Å². The van der Waals surface area contributed by atoms with Crippen LogP contribution in [0.5, 0.6) is 5.75 Å². The van der Waals surface area contributed by atoms with Crippen molar-refractivity contribution in [3.8, 4) is 17.0 Å². The molecular weight excluding hydrogens is 186 g/mol. The molecule has 2 rings (SSSR count). The Hall–Kier alpha value is -1.83. The molecule has 0 spiro atoms. The van der Waals surface area contributed by atoms with E-state index in [-0.39, 0.29) is 0 Å². The van der Waals surface area contributed by atoms with Gasteiger partial charge in [-0.1, -0.05) is 30.3 Å². The van der Waals surface area contributed by atoms with Crippen molar-refractivity contribution in [1.82, 2.24) is 4.98 Å². The van der Waals surface area contributed by atoms with Gasteiger partial charge in [0.25, 0.3) is 0 Å². The van der Waals surface area contributed by atoms with E-state index in [1.165, 1.54) is 0 Å². The van der Waals surface area contributed by atoms with E-state index in [9.17, 15) is 0 Å². The third-order valence-electron chi connectivity index (χ3n) is 2.12. The molecule has 0 saturated heterocycles. The van der Waals surface area contributed by atoms with Crippen LogP contribution in [0.25, 0.3) is 11.3 Å². The van der Waals surface area contributed by atoms with Crippen molar-refractivity contribution in [2.75, 3.05) is 6.61 Å². The van der Waals surface area contributed by atoms with E-state index in [0.29, 0.717) is 6.61 Å². The first-order valence-corrected chi connectivity index (χ1v) is 5.04. The molecule has 0 bridgehead atoms. The highest BCUT2D eigenvalue weighted by Crippen LogP contribution is 2.18. The quantitative estimate of drug-likeness (QED) is 0.757. The van der Waals surface area contributed by atoms with Crippen LogP contribution in [0.15, 0.2) is 48.7 Å². The van der Waals surface area contributed by atoms with Crippen LogP contribution < -0.4 is 4.74 Å². The molecule has 76 valence electrons. The Morgan fingerprint density at radius 1 is 1.07 bits per heavy atom. The predicted octanol–water partition coefficient (Wildman–Crippen LogP) is 3.15. The van der Waals surface area contributed by atoms with Crippen molar-refractivity contribution >= 4 is 0 Å². The molecule has 0 radical (unpaired) electrons. The lowest BCUT2D eigenvalue weighted by Gasteiger charge is -2.03. The van der Waals surface area contributed by atoms with Gasteiger partial charge in [-0.25, -0.2) is 0 Å². The molecule has 2 heteroatoms. The van der Waals surface area contributed by atoms with Gasteiger partial charge in [0.05, 0.1) is 18.5 Å². The van der Waals surface area contributed by atoms with Crippen molar-refractivity contribution < 1.29 is 4.74 Å². The summed E-state index contributed by atoms with van der Waals surface area (Å²) in [5.41, 5.74) is 2.10. The summed E-state index contributed by atoms with van der Waals surface area (Å²) in [7, 11) is 0. The minimum Gasteiger partial charge on any atom is -0.492 e. The van der Waals surface area contributed by atoms with Crippen LogP contribution in [0.3, 0.4) is 0 Å². The van der Waals surface area contributed by atoms with Crippen molar-refractivity contribution in [2.45, 2.75) is 6.92 Å². The Morgan fingerprint density at radius 2 is 1.87 bits per heavy atom. The highest BCUT2D eigenvalue weighted by molar-refractivity contribution is 5.58. The molecule has 2 nitrogen and oxygen atoms in total. The summed E-state index contributed by atoms with van der Waals surface area (Å²) in [6, 6.07) is 14.0. The molecule has 1 aromatic carbocycles. The number of nitrogens with zero attached hydrogens (tertiary/aromatic N) is 1. The van der Waals surface area contributed by atoms with E-state index in [0.717, 1.165) is 17.0 Å². The third-order valence-corrected chi connectivity index (χ3v) is 2.12. The number of benzene rings is 1. The normalized spacial score (nSPS) is 9.93. The lowest BCUT2D eigenvalue weighted by atomic mass is 10.1. The van der Waals surface area contributed by atoms with Crippen LogP contribution in [0.2, 0.25) is 0 Å². The van der Waals surface area contributed by atoms with E-state index in [2.05, 4.69) is 4.98 Å². The molecule has 15 heavy (non-hydrogen) atoms. The molecule has 0 saturated carbocycles. The number of rotatable bonds is 3. The molecule has 0 N–H and O–H groups in total. The summed E-state index contributed by atoms with van der Waals surface area (Å²) in [5, 5.41) is 0. The van der Waals surface area contributed by atoms with Gasteiger partial charge in [0.15, 0.2) is 0 Å². The van der Waals surface area contributed by atoms with Crippen LogP contribution >= 0.6 is 0 Å². The molecule has 0 fully saturated rings. The van der Waals surface area contributed by atoms with Gasteiger partial charge < -0.3 is 4.74 Å². The average molecular weight is 199 g/mol. The Labute approximate surface area is 89.6 Å². The largest absolute Gasteiger partial charge is 0.492 e. The Kier molecular flexibility index (Phi) is 2.98. The van der Waals surface area contributed by atoms with Gasteiger partial charge in [0.2, 0.25) is 0 Å². The van der Waals surface area contributed by atoms with Crippen molar-refractivity contribution in [2.24, 2.45) is 0 Å². The maximum absolute atomic E-state index is 5.33. The van der Waals surface area contributed by atoms with Crippen LogP contribution in [0.4, 0.5) is 0 Å². The lowest BCUT2D eigenvalue weighted by molar-refractivity contribution is 0.339. The van der Waals surface area contributed by atoms with Crippen LogP contribution in [-0.4, -0.2) is 11.6 Å². The van der Waals surface area contributed by atoms with Gasteiger partial charge in [0, 0.05) is 5.56 Å². The van der Waals surface area contributed by atoms with E-state index >= 15 is 0 Å². The molecular formula is C13H13NO. The summed E-state index contributed by atoms with van der Waals surface area (Å²) >= 11 is 0. The molecule has 2 aromatic rings. The van der Waals surface area contributed by atoms with E-state index < -0.39 is 0 Å². The molecule has 0 aliphatic rings. The van der Waals surface area contributed by atoms with Crippen LogP contribution in [0, 0.1) is 0 Å². The fourth-order valence-corrected chi connectivity index (χ4v) is 1.41. The summed E-state index contributed by atoms with van der Waals surface area (Å²) in [6.45, 7) is 2.64. The summed E-state index contributed by atoms with van der Waals surface area (Å²) in [5.74, 6) is 0.817. The minimum absolute atomic E-state index is 0.673. The highest BCUT2D eigenvalue weighted by Gasteiger charge is 1.98. The highest BCUT2D eigenvalue weighted by atomic mass is 16.5. The first-order chi connectivity index (χ1) is 7.40. The Balaban J connectivity index is 2.24. The fraction of sp³-hybridized carbons (Fsp3) is 0.154. The first kappa shape index (κ1) is 9.71. The minimum atomic E-state index is 0.673. The zero-order valence-electron chi connectivity index (χ0n) is 8.68. The number of pyridine rings is 1. The number of hydrogen-bond donors (Lipinski definition) is 0. The maximum Gasteiger partial charge on any atom is 0.137 e. The molecule has 0 aliphatic carbocycles. The van der Waals surface area contributed by atoms with Crippen LogP contribution in [0.1, 0.15) is 6.92 Å². The molecule has 0 atom stereocenters. The standard InChI is InChI=1S/C13H13NO/c1-2-15-12-8-9-13(14-10-12)11-6-4-3-5-7-11/h3-10H,2H2,1H3. The van der Waals surface area contributed by atoms with E-state index in [1.54, 1.807) is 6.20 Å². The summed E-state index contributed by atoms with van der Waals surface area (Å²) in [6.07, 6.45) is 1.76. The average Bonchev–Trinajstić information content (AvgIpc) is 2.32. The zero-order chi connectivity index (χ0) is 10.5. The van der Waals surface area contributed by atoms with Gasteiger partial charge in [-0.2, -0.15) is 0 Å². The fourth-order valence-electron chi connectivity index (χ4n) is 1.41. The van der Waals surface area contributed by atoms with Gasteiger partial charge in [0.1, 0.15) is 5.75 Å². The van der Waals surface area contributed by atoms with Crippen molar-refractivity contribution in [3.05, 3.63) is 48.7 Å². The van der Waals surface area contributed by atoms with Crippen molar-refractivity contribution in [1.29, 1.82) is 0 Å². The Morgan fingerprint density at radius 3 is 2.47 bits per heavy atom. The lowest BCUT2D eigenvalue weighted by Crippen LogP contribution is -1.92. The van der Waals surface area contributed by atoms with E-state index in [4.69, 9.17) is 4.74 Å².